The number of anilines is 2. The second kappa shape index (κ2) is 7.83. The van der Waals surface area contributed by atoms with Crippen LogP contribution in [0.1, 0.15) is 37.4 Å². The van der Waals surface area contributed by atoms with Gasteiger partial charge in [-0.2, -0.15) is 0 Å². The highest BCUT2D eigenvalue weighted by molar-refractivity contribution is 6.08. The summed E-state index contributed by atoms with van der Waals surface area (Å²) in [6.07, 6.45) is 3.22. The van der Waals surface area contributed by atoms with Gasteiger partial charge in [0.1, 0.15) is 0 Å². The summed E-state index contributed by atoms with van der Waals surface area (Å²) in [6.45, 7) is 5.83. The molecule has 1 heterocycles. The van der Waals surface area contributed by atoms with Crippen LogP contribution in [-0.2, 0) is 0 Å². The minimum atomic E-state index is -0.247. The van der Waals surface area contributed by atoms with E-state index in [0.717, 1.165) is 16.7 Å². The highest BCUT2D eigenvalue weighted by Crippen LogP contribution is 2.19. The van der Waals surface area contributed by atoms with E-state index in [4.69, 9.17) is 0 Å². The van der Waals surface area contributed by atoms with E-state index in [9.17, 15) is 9.59 Å². The van der Waals surface area contributed by atoms with Gasteiger partial charge in [0.25, 0.3) is 11.8 Å². The van der Waals surface area contributed by atoms with Gasteiger partial charge in [0.2, 0.25) is 0 Å². The quantitative estimate of drug-likeness (QED) is 0.720. The lowest BCUT2D eigenvalue weighted by atomic mass is 10.0. The number of nitrogens with zero attached hydrogens (tertiary/aromatic N) is 1. The van der Waals surface area contributed by atoms with Gasteiger partial charge in [-0.1, -0.05) is 12.1 Å². The Morgan fingerprint density at radius 1 is 0.778 bits per heavy atom. The number of carbonyl (C=O) groups is 2. The molecule has 5 heteroatoms. The molecule has 0 aliphatic heterocycles. The molecule has 1 aromatic heterocycles. The first-order valence-electron chi connectivity index (χ1n) is 8.64. The molecule has 0 atom stereocenters. The molecule has 136 valence electrons. The number of hydrogen-bond acceptors (Lipinski definition) is 3. The first-order valence-corrected chi connectivity index (χ1v) is 8.64. The van der Waals surface area contributed by atoms with Crippen molar-refractivity contribution >= 4 is 23.2 Å². The van der Waals surface area contributed by atoms with Crippen LogP contribution in [-0.4, -0.2) is 16.8 Å². The molecule has 0 aliphatic carbocycles. The van der Waals surface area contributed by atoms with Crippen LogP contribution in [0, 0.1) is 20.8 Å². The number of nitrogens with one attached hydrogen (secondary N) is 2. The van der Waals surface area contributed by atoms with Crippen LogP contribution in [0.25, 0.3) is 0 Å². The van der Waals surface area contributed by atoms with Crippen molar-refractivity contribution in [2.75, 3.05) is 10.6 Å². The molecule has 5 nitrogen and oxygen atoms in total. The Labute approximate surface area is 158 Å². The smallest absolute Gasteiger partial charge is 0.256 e. The highest BCUT2D eigenvalue weighted by atomic mass is 16.2. The number of amides is 2. The van der Waals surface area contributed by atoms with Gasteiger partial charge in [0.15, 0.2) is 0 Å². The number of hydrogen-bond donors (Lipinski definition) is 2. The molecule has 27 heavy (non-hydrogen) atoms. The SMILES string of the molecule is Cc1ccc(C(=O)Nc2ccc(C)c(C(=O)Nc3cccnc3)c2)cc1C. The third kappa shape index (κ3) is 4.39. The molecule has 0 aliphatic rings. The Kier molecular flexibility index (Phi) is 5.31. The van der Waals surface area contributed by atoms with Crippen molar-refractivity contribution in [3.63, 3.8) is 0 Å². The molecule has 2 amide bonds. The number of aromatic nitrogens is 1. The molecule has 3 rings (SSSR count). The third-order valence-corrected chi connectivity index (χ3v) is 4.43. The van der Waals surface area contributed by atoms with E-state index < -0.39 is 0 Å². The fraction of sp³-hybridized carbons (Fsp3) is 0.136. The van der Waals surface area contributed by atoms with Gasteiger partial charge in [-0.05, 0) is 73.9 Å². The van der Waals surface area contributed by atoms with Crippen molar-refractivity contribution < 1.29 is 9.59 Å². The lowest BCUT2D eigenvalue weighted by Crippen LogP contribution is -2.16. The van der Waals surface area contributed by atoms with E-state index in [-0.39, 0.29) is 11.8 Å². The van der Waals surface area contributed by atoms with E-state index in [1.165, 1.54) is 0 Å². The second-order valence-electron chi connectivity index (χ2n) is 6.48. The van der Waals surface area contributed by atoms with E-state index in [2.05, 4.69) is 15.6 Å². The van der Waals surface area contributed by atoms with Crippen molar-refractivity contribution in [2.24, 2.45) is 0 Å². The average molecular weight is 359 g/mol. The molecular formula is C22H21N3O2. The zero-order valence-corrected chi connectivity index (χ0v) is 15.5. The largest absolute Gasteiger partial charge is 0.322 e. The topological polar surface area (TPSA) is 71.1 Å². The third-order valence-electron chi connectivity index (χ3n) is 4.43. The maximum atomic E-state index is 12.6. The van der Waals surface area contributed by atoms with Crippen LogP contribution in [0.2, 0.25) is 0 Å². The molecule has 0 fully saturated rings. The summed E-state index contributed by atoms with van der Waals surface area (Å²) in [7, 11) is 0. The van der Waals surface area contributed by atoms with Crippen LogP contribution < -0.4 is 10.6 Å². The van der Waals surface area contributed by atoms with Crippen molar-refractivity contribution in [3.8, 4) is 0 Å². The Bertz CT molecular complexity index is 998. The Morgan fingerprint density at radius 3 is 2.22 bits per heavy atom. The Balaban J connectivity index is 1.79. The van der Waals surface area contributed by atoms with Crippen LogP contribution in [0.15, 0.2) is 60.9 Å². The van der Waals surface area contributed by atoms with Crippen LogP contribution in [0.5, 0.6) is 0 Å². The predicted molar refractivity (Wildman–Crippen MR) is 107 cm³/mol. The standard InChI is InChI=1S/C22H21N3O2/c1-14-6-8-17(11-16(14)3)21(26)24-18-9-7-15(2)20(12-18)22(27)25-19-5-4-10-23-13-19/h4-13H,1-3H3,(H,24,26)(H,25,27). The number of carbonyl (C=O) groups excluding carboxylic acids is 2. The maximum Gasteiger partial charge on any atom is 0.256 e. The number of pyridine rings is 1. The maximum absolute atomic E-state index is 12.6. The normalized spacial score (nSPS) is 10.3. The van der Waals surface area contributed by atoms with E-state index in [1.54, 1.807) is 42.7 Å². The molecule has 0 saturated carbocycles. The number of aryl methyl sites for hydroxylation is 3. The van der Waals surface area contributed by atoms with Crippen molar-refractivity contribution in [3.05, 3.63) is 88.7 Å². The minimum Gasteiger partial charge on any atom is -0.322 e. The first-order chi connectivity index (χ1) is 12.9. The molecule has 0 spiro atoms. The monoisotopic (exact) mass is 359 g/mol. The number of rotatable bonds is 4. The molecule has 3 aromatic rings. The minimum absolute atomic E-state index is 0.208. The van der Waals surface area contributed by atoms with Gasteiger partial charge in [-0.15, -0.1) is 0 Å². The van der Waals surface area contributed by atoms with Gasteiger partial charge >= 0.3 is 0 Å². The fourth-order valence-corrected chi connectivity index (χ4v) is 2.67. The summed E-state index contributed by atoms with van der Waals surface area (Å²) in [6, 6.07) is 14.4. The van der Waals surface area contributed by atoms with Gasteiger partial charge in [-0.3, -0.25) is 14.6 Å². The summed E-state index contributed by atoms with van der Waals surface area (Å²) in [5.74, 6) is -0.455. The van der Waals surface area contributed by atoms with E-state index >= 15 is 0 Å². The molecule has 2 N–H and O–H groups in total. The first kappa shape index (κ1) is 18.3. The highest BCUT2D eigenvalue weighted by Gasteiger charge is 2.13. The molecule has 0 radical (unpaired) electrons. The summed E-state index contributed by atoms with van der Waals surface area (Å²) in [4.78, 5) is 29.1. The molecule has 0 bridgehead atoms. The second-order valence-corrected chi connectivity index (χ2v) is 6.48. The summed E-state index contributed by atoms with van der Waals surface area (Å²) >= 11 is 0. The Hall–Kier alpha value is -3.47. The summed E-state index contributed by atoms with van der Waals surface area (Å²) in [5, 5.41) is 5.67. The summed E-state index contributed by atoms with van der Waals surface area (Å²) < 4.78 is 0. The molecular weight excluding hydrogens is 338 g/mol. The lowest BCUT2D eigenvalue weighted by Gasteiger charge is -2.11. The van der Waals surface area contributed by atoms with E-state index in [1.807, 2.05) is 39.0 Å². The van der Waals surface area contributed by atoms with Gasteiger partial charge < -0.3 is 10.6 Å². The van der Waals surface area contributed by atoms with Crippen molar-refractivity contribution in [1.29, 1.82) is 0 Å². The fourth-order valence-electron chi connectivity index (χ4n) is 2.67. The van der Waals surface area contributed by atoms with Crippen molar-refractivity contribution in [2.45, 2.75) is 20.8 Å². The molecule has 2 aromatic carbocycles. The van der Waals surface area contributed by atoms with Crippen LogP contribution >= 0.6 is 0 Å². The zero-order valence-electron chi connectivity index (χ0n) is 15.5. The van der Waals surface area contributed by atoms with Crippen LogP contribution in [0.3, 0.4) is 0 Å². The van der Waals surface area contributed by atoms with Gasteiger partial charge in [-0.25, -0.2) is 0 Å². The average Bonchev–Trinajstić information content (AvgIpc) is 2.66. The Morgan fingerprint density at radius 2 is 1.52 bits per heavy atom. The van der Waals surface area contributed by atoms with Crippen molar-refractivity contribution in [1.82, 2.24) is 4.98 Å². The van der Waals surface area contributed by atoms with E-state index in [0.29, 0.717) is 22.5 Å². The summed E-state index contributed by atoms with van der Waals surface area (Å²) in [5.41, 5.74) is 5.28. The van der Waals surface area contributed by atoms with Gasteiger partial charge in [0, 0.05) is 23.0 Å². The zero-order chi connectivity index (χ0) is 19.4. The van der Waals surface area contributed by atoms with Gasteiger partial charge in [0.05, 0.1) is 11.9 Å². The lowest BCUT2D eigenvalue weighted by molar-refractivity contribution is 0.101. The number of benzene rings is 2. The molecule has 0 saturated heterocycles. The molecule has 0 unspecified atom stereocenters. The van der Waals surface area contributed by atoms with Crippen LogP contribution in [0.4, 0.5) is 11.4 Å². The predicted octanol–water partition coefficient (Wildman–Crippen LogP) is 4.51.